The number of aromatic nitrogens is 2. The fourth-order valence-corrected chi connectivity index (χ4v) is 3.37. The maximum atomic E-state index is 12.4. The molecule has 0 unspecified atom stereocenters. The van der Waals surface area contributed by atoms with Gasteiger partial charge in [-0.15, -0.1) is 24.8 Å². The number of hydrogen-bond donors (Lipinski definition) is 1. The lowest BCUT2D eigenvalue weighted by Crippen LogP contribution is -2.45. The van der Waals surface area contributed by atoms with Crippen LogP contribution in [0.2, 0.25) is 0 Å². The standard InChI is InChI=1S/C16H25N5O2.2ClH/c1-12-17-5-6-20(12)8-7-19(2)16(23)11-21-10-14-4-3-13(18-14)9-15(21)22;;/h5-6,13-14,18H,3-4,7-11H2,1-2H3;2*1H/t13-,14+;;/m1../s1. The van der Waals surface area contributed by atoms with Crippen LogP contribution in [0.1, 0.15) is 25.1 Å². The molecular formula is C16H27Cl2N5O2. The topological polar surface area (TPSA) is 70.5 Å². The molecule has 0 spiro atoms. The molecule has 2 fully saturated rings. The summed E-state index contributed by atoms with van der Waals surface area (Å²) < 4.78 is 2.02. The van der Waals surface area contributed by atoms with E-state index in [1.807, 2.05) is 17.7 Å². The van der Waals surface area contributed by atoms with Gasteiger partial charge in [0, 0.05) is 57.6 Å². The Balaban J connectivity index is 0.00000156. The van der Waals surface area contributed by atoms with Gasteiger partial charge in [0.25, 0.3) is 0 Å². The smallest absolute Gasteiger partial charge is 0.241 e. The number of likely N-dealkylation sites (tertiary alicyclic amines) is 1. The van der Waals surface area contributed by atoms with Gasteiger partial charge in [-0.05, 0) is 19.8 Å². The minimum absolute atomic E-state index is 0. The summed E-state index contributed by atoms with van der Waals surface area (Å²) in [7, 11) is 1.79. The molecule has 2 saturated heterocycles. The highest BCUT2D eigenvalue weighted by Gasteiger charge is 2.34. The Labute approximate surface area is 161 Å². The largest absolute Gasteiger partial charge is 0.342 e. The highest BCUT2D eigenvalue weighted by atomic mass is 35.5. The van der Waals surface area contributed by atoms with Crippen molar-refractivity contribution in [2.45, 2.75) is 44.8 Å². The first-order chi connectivity index (χ1) is 11.0. The van der Waals surface area contributed by atoms with Gasteiger partial charge in [-0.3, -0.25) is 9.59 Å². The number of carbonyl (C=O) groups is 2. The van der Waals surface area contributed by atoms with Crippen LogP contribution >= 0.6 is 24.8 Å². The molecule has 7 nitrogen and oxygen atoms in total. The number of amides is 2. The molecule has 0 saturated carbocycles. The molecule has 2 aliphatic rings. The Morgan fingerprint density at radius 1 is 1.36 bits per heavy atom. The van der Waals surface area contributed by atoms with Crippen molar-refractivity contribution >= 4 is 36.6 Å². The maximum Gasteiger partial charge on any atom is 0.241 e. The highest BCUT2D eigenvalue weighted by molar-refractivity contribution is 5.86. The van der Waals surface area contributed by atoms with Crippen LogP contribution in [-0.2, 0) is 16.1 Å². The van der Waals surface area contributed by atoms with Crippen LogP contribution < -0.4 is 5.32 Å². The second-order valence-corrected chi connectivity index (χ2v) is 6.60. The van der Waals surface area contributed by atoms with E-state index in [1.54, 1.807) is 23.0 Å². The first-order valence-corrected chi connectivity index (χ1v) is 8.28. The van der Waals surface area contributed by atoms with Crippen LogP contribution in [0.4, 0.5) is 0 Å². The van der Waals surface area contributed by atoms with Crippen molar-refractivity contribution in [3.63, 3.8) is 0 Å². The minimum Gasteiger partial charge on any atom is -0.342 e. The third kappa shape index (κ3) is 5.33. The molecule has 0 aromatic carbocycles. The normalized spacial score (nSPS) is 22.0. The summed E-state index contributed by atoms with van der Waals surface area (Å²) in [6.07, 6.45) is 6.35. The summed E-state index contributed by atoms with van der Waals surface area (Å²) in [5.74, 6) is 1.03. The molecule has 142 valence electrons. The second-order valence-electron chi connectivity index (χ2n) is 6.60. The van der Waals surface area contributed by atoms with E-state index in [2.05, 4.69) is 10.3 Å². The van der Waals surface area contributed by atoms with E-state index in [4.69, 9.17) is 0 Å². The number of fused-ring (bicyclic) bond motifs is 2. The first kappa shape index (κ1) is 21.7. The molecule has 1 N–H and O–H groups in total. The Morgan fingerprint density at radius 2 is 2.08 bits per heavy atom. The summed E-state index contributed by atoms with van der Waals surface area (Å²) >= 11 is 0. The van der Waals surface area contributed by atoms with Crippen molar-refractivity contribution in [1.29, 1.82) is 0 Å². The van der Waals surface area contributed by atoms with Gasteiger partial charge < -0.3 is 19.7 Å². The van der Waals surface area contributed by atoms with Crippen LogP contribution in [0.25, 0.3) is 0 Å². The molecule has 3 rings (SSSR count). The minimum atomic E-state index is -0.00566. The molecule has 0 radical (unpaired) electrons. The van der Waals surface area contributed by atoms with Gasteiger partial charge in [0.05, 0.1) is 6.54 Å². The molecule has 25 heavy (non-hydrogen) atoms. The number of imidazole rings is 1. The van der Waals surface area contributed by atoms with Crippen LogP contribution in [0.15, 0.2) is 12.4 Å². The van der Waals surface area contributed by atoms with E-state index < -0.39 is 0 Å². The van der Waals surface area contributed by atoms with E-state index in [9.17, 15) is 9.59 Å². The van der Waals surface area contributed by atoms with E-state index in [0.717, 1.165) is 18.7 Å². The molecule has 9 heteroatoms. The molecule has 2 atom stereocenters. The third-order valence-corrected chi connectivity index (χ3v) is 4.90. The number of nitrogens with zero attached hydrogens (tertiary/aromatic N) is 4. The number of likely N-dealkylation sites (N-methyl/N-ethyl adjacent to an activating group) is 1. The number of rotatable bonds is 5. The van der Waals surface area contributed by atoms with Crippen molar-refractivity contribution < 1.29 is 9.59 Å². The highest BCUT2D eigenvalue weighted by Crippen LogP contribution is 2.21. The zero-order valence-corrected chi connectivity index (χ0v) is 16.3. The van der Waals surface area contributed by atoms with Gasteiger partial charge in [0.2, 0.25) is 11.8 Å². The van der Waals surface area contributed by atoms with Gasteiger partial charge in [0.15, 0.2) is 0 Å². The molecular weight excluding hydrogens is 365 g/mol. The Hall–Kier alpha value is -1.31. The van der Waals surface area contributed by atoms with Gasteiger partial charge in [0.1, 0.15) is 5.82 Å². The van der Waals surface area contributed by atoms with E-state index in [-0.39, 0.29) is 43.2 Å². The Morgan fingerprint density at radius 3 is 2.76 bits per heavy atom. The van der Waals surface area contributed by atoms with Gasteiger partial charge >= 0.3 is 0 Å². The molecule has 0 aliphatic carbocycles. The second kappa shape index (κ2) is 9.40. The lowest BCUT2D eigenvalue weighted by molar-refractivity contribution is -0.140. The molecule has 2 bridgehead atoms. The van der Waals surface area contributed by atoms with Gasteiger partial charge in [-0.1, -0.05) is 0 Å². The summed E-state index contributed by atoms with van der Waals surface area (Å²) in [5, 5.41) is 3.47. The number of carbonyl (C=O) groups excluding carboxylic acids is 2. The maximum absolute atomic E-state index is 12.4. The molecule has 1 aromatic rings. The zero-order chi connectivity index (χ0) is 16.4. The fraction of sp³-hybridized carbons (Fsp3) is 0.688. The summed E-state index contributed by atoms with van der Waals surface area (Å²) in [6, 6.07) is 0.646. The quantitative estimate of drug-likeness (QED) is 0.807. The average molecular weight is 392 g/mol. The van der Waals surface area contributed by atoms with Crippen LogP contribution in [0.5, 0.6) is 0 Å². The number of aryl methyl sites for hydroxylation is 1. The SMILES string of the molecule is Cc1nccn1CCN(C)C(=O)CN1C[C@@H]2CC[C@H](CC1=O)N2.Cl.Cl. The zero-order valence-electron chi connectivity index (χ0n) is 14.7. The molecule has 2 amide bonds. The number of halogens is 2. The van der Waals surface area contributed by atoms with E-state index in [1.165, 1.54) is 0 Å². The fourth-order valence-electron chi connectivity index (χ4n) is 3.37. The predicted molar refractivity (Wildman–Crippen MR) is 100 cm³/mol. The lowest BCUT2D eigenvalue weighted by Gasteiger charge is -2.26. The van der Waals surface area contributed by atoms with Crippen LogP contribution in [0, 0.1) is 6.92 Å². The molecule has 1 aromatic heterocycles. The summed E-state index contributed by atoms with van der Waals surface area (Å²) in [4.78, 5) is 32.3. The molecule has 2 aliphatic heterocycles. The van der Waals surface area contributed by atoms with Gasteiger partial charge in [-0.2, -0.15) is 0 Å². The Bertz CT molecular complexity index is 595. The first-order valence-electron chi connectivity index (χ1n) is 8.28. The van der Waals surface area contributed by atoms with E-state index >= 15 is 0 Å². The van der Waals surface area contributed by atoms with Gasteiger partial charge in [-0.25, -0.2) is 4.98 Å². The predicted octanol–water partition coefficient (Wildman–Crippen LogP) is 0.846. The van der Waals surface area contributed by atoms with Crippen molar-refractivity contribution in [3.05, 3.63) is 18.2 Å². The van der Waals surface area contributed by atoms with Crippen molar-refractivity contribution in [2.24, 2.45) is 0 Å². The van der Waals surface area contributed by atoms with Crippen molar-refractivity contribution in [1.82, 2.24) is 24.7 Å². The van der Waals surface area contributed by atoms with Crippen molar-refractivity contribution in [3.8, 4) is 0 Å². The number of hydrogen-bond acceptors (Lipinski definition) is 4. The summed E-state index contributed by atoms with van der Waals surface area (Å²) in [5.41, 5.74) is 0. The lowest BCUT2D eigenvalue weighted by atomic mass is 10.1. The summed E-state index contributed by atoms with van der Waals surface area (Å²) in [6.45, 7) is 4.11. The molecule has 3 heterocycles. The number of nitrogens with one attached hydrogen (secondary N) is 1. The van der Waals surface area contributed by atoms with E-state index in [0.29, 0.717) is 38.1 Å². The Kier molecular flexibility index (Phi) is 8.18. The van der Waals surface area contributed by atoms with Crippen LogP contribution in [-0.4, -0.2) is 69.9 Å². The van der Waals surface area contributed by atoms with Crippen molar-refractivity contribution in [2.75, 3.05) is 26.7 Å². The third-order valence-electron chi connectivity index (χ3n) is 4.90. The average Bonchev–Trinajstić information content (AvgIpc) is 3.08. The monoisotopic (exact) mass is 391 g/mol. The van der Waals surface area contributed by atoms with Crippen LogP contribution in [0.3, 0.4) is 0 Å².